The standard InChI is InChI=1S/C15H18O3S/c1-2-17-14-7-3-5-12(11-16)15(14)18-9-8-13-6-4-10-19-13/h3-7,10,16H,2,8-9,11H2,1H3. The monoisotopic (exact) mass is 278 g/mol. The third kappa shape index (κ3) is 3.72. The summed E-state index contributed by atoms with van der Waals surface area (Å²) >= 11 is 1.72. The molecule has 3 nitrogen and oxygen atoms in total. The van der Waals surface area contributed by atoms with Crippen LogP contribution in [0.5, 0.6) is 11.5 Å². The van der Waals surface area contributed by atoms with Crippen molar-refractivity contribution in [1.29, 1.82) is 0 Å². The van der Waals surface area contributed by atoms with Crippen LogP contribution in [0.2, 0.25) is 0 Å². The lowest BCUT2D eigenvalue weighted by Crippen LogP contribution is -2.05. The minimum atomic E-state index is -0.0464. The first kappa shape index (κ1) is 13.9. The van der Waals surface area contributed by atoms with Gasteiger partial charge in [-0.2, -0.15) is 0 Å². The predicted molar refractivity (Wildman–Crippen MR) is 77.1 cm³/mol. The number of thiophene rings is 1. The van der Waals surface area contributed by atoms with Crippen molar-refractivity contribution >= 4 is 11.3 Å². The summed E-state index contributed by atoms with van der Waals surface area (Å²) in [4.78, 5) is 1.29. The molecule has 0 saturated carbocycles. The van der Waals surface area contributed by atoms with Gasteiger partial charge >= 0.3 is 0 Å². The van der Waals surface area contributed by atoms with Crippen molar-refractivity contribution in [1.82, 2.24) is 0 Å². The maximum Gasteiger partial charge on any atom is 0.166 e. The Hall–Kier alpha value is -1.52. The van der Waals surface area contributed by atoms with Crippen LogP contribution in [0, 0.1) is 0 Å². The highest BCUT2D eigenvalue weighted by atomic mass is 32.1. The summed E-state index contributed by atoms with van der Waals surface area (Å²) in [6.45, 7) is 3.05. The second-order valence-electron chi connectivity index (χ2n) is 4.01. The molecule has 0 unspecified atom stereocenters. The Bertz CT molecular complexity index is 494. The molecule has 0 aliphatic carbocycles. The predicted octanol–water partition coefficient (Wildman–Crippen LogP) is 3.26. The van der Waals surface area contributed by atoms with E-state index in [1.807, 2.05) is 31.2 Å². The van der Waals surface area contributed by atoms with Crippen LogP contribution in [0.3, 0.4) is 0 Å². The molecule has 0 radical (unpaired) electrons. The zero-order valence-electron chi connectivity index (χ0n) is 11.0. The highest BCUT2D eigenvalue weighted by Gasteiger charge is 2.10. The summed E-state index contributed by atoms with van der Waals surface area (Å²) in [5.41, 5.74) is 0.761. The van der Waals surface area contributed by atoms with Crippen molar-refractivity contribution in [3.63, 3.8) is 0 Å². The molecule has 19 heavy (non-hydrogen) atoms. The molecule has 4 heteroatoms. The van der Waals surface area contributed by atoms with Crippen LogP contribution >= 0.6 is 11.3 Å². The number of ether oxygens (including phenoxy) is 2. The maximum absolute atomic E-state index is 9.36. The molecule has 0 bridgehead atoms. The number of hydrogen-bond acceptors (Lipinski definition) is 4. The molecule has 1 aromatic carbocycles. The molecule has 0 atom stereocenters. The zero-order valence-corrected chi connectivity index (χ0v) is 11.8. The smallest absolute Gasteiger partial charge is 0.166 e. The average Bonchev–Trinajstić information content (AvgIpc) is 2.93. The Kier molecular flexibility index (Phi) is 5.24. The van der Waals surface area contributed by atoms with Crippen molar-refractivity contribution in [3.8, 4) is 11.5 Å². The van der Waals surface area contributed by atoms with Gasteiger partial charge in [-0.15, -0.1) is 11.3 Å². The van der Waals surface area contributed by atoms with Gasteiger partial charge in [0, 0.05) is 16.9 Å². The van der Waals surface area contributed by atoms with Crippen molar-refractivity contribution < 1.29 is 14.6 Å². The van der Waals surface area contributed by atoms with E-state index in [-0.39, 0.29) is 6.61 Å². The number of aliphatic hydroxyl groups is 1. The van der Waals surface area contributed by atoms with E-state index in [2.05, 4.69) is 11.4 Å². The minimum absolute atomic E-state index is 0.0464. The van der Waals surface area contributed by atoms with Gasteiger partial charge in [-0.25, -0.2) is 0 Å². The van der Waals surface area contributed by atoms with Crippen LogP contribution < -0.4 is 9.47 Å². The third-order valence-corrected chi connectivity index (χ3v) is 3.64. The molecule has 1 aromatic heterocycles. The van der Waals surface area contributed by atoms with Crippen LogP contribution in [0.4, 0.5) is 0 Å². The Morgan fingerprint density at radius 3 is 2.74 bits per heavy atom. The quantitative estimate of drug-likeness (QED) is 0.845. The molecule has 2 rings (SSSR count). The van der Waals surface area contributed by atoms with E-state index in [4.69, 9.17) is 9.47 Å². The van der Waals surface area contributed by atoms with Crippen LogP contribution in [0.15, 0.2) is 35.7 Å². The Labute approximate surface area is 117 Å². The number of hydrogen-bond donors (Lipinski definition) is 1. The molecule has 2 aromatic rings. The van der Waals surface area contributed by atoms with Gasteiger partial charge in [0.2, 0.25) is 0 Å². The number of benzene rings is 1. The van der Waals surface area contributed by atoms with Crippen molar-refractivity contribution in [2.75, 3.05) is 13.2 Å². The third-order valence-electron chi connectivity index (χ3n) is 2.71. The lowest BCUT2D eigenvalue weighted by molar-refractivity contribution is 0.250. The van der Waals surface area contributed by atoms with Crippen LogP contribution in [-0.2, 0) is 13.0 Å². The summed E-state index contributed by atoms with van der Waals surface area (Å²) < 4.78 is 11.3. The van der Waals surface area contributed by atoms with E-state index in [0.29, 0.717) is 24.7 Å². The van der Waals surface area contributed by atoms with Crippen LogP contribution in [0.25, 0.3) is 0 Å². The molecule has 0 aliphatic rings. The molecule has 102 valence electrons. The van der Waals surface area contributed by atoms with Crippen molar-refractivity contribution in [2.24, 2.45) is 0 Å². The van der Waals surface area contributed by atoms with Crippen molar-refractivity contribution in [2.45, 2.75) is 20.0 Å². The van der Waals surface area contributed by atoms with E-state index in [1.165, 1.54) is 4.88 Å². The van der Waals surface area contributed by atoms with E-state index < -0.39 is 0 Å². The molecule has 0 amide bonds. The topological polar surface area (TPSA) is 38.7 Å². The Balaban J connectivity index is 2.04. The van der Waals surface area contributed by atoms with Gasteiger partial charge in [0.25, 0.3) is 0 Å². The highest BCUT2D eigenvalue weighted by Crippen LogP contribution is 2.31. The van der Waals surface area contributed by atoms with E-state index >= 15 is 0 Å². The molecule has 1 heterocycles. The van der Waals surface area contributed by atoms with Gasteiger partial charge in [0.15, 0.2) is 11.5 Å². The lowest BCUT2D eigenvalue weighted by Gasteiger charge is -2.14. The van der Waals surface area contributed by atoms with Crippen LogP contribution in [-0.4, -0.2) is 18.3 Å². The van der Waals surface area contributed by atoms with E-state index in [1.54, 1.807) is 11.3 Å². The fourth-order valence-electron chi connectivity index (χ4n) is 1.83. The fourth-order valence-corrected chi connectivity index (χ4v) is 2.52. The number of para-hydroxylation sites is 1. The van der Waals surface area contributed by atoms with E-state index in [0.717, 1.165) is 12.0 Å². The minimum Gasteiger partial charge on any atom is -0.490 e. The normalized spacial score (nSPS) is 10.4. The van der Waals surface area contributed by atoms with Gasteiger partial charge in [-0.1, -0.05) is 18.2 Å². The summed E-state index contributed by atoms with van der Waals surface area (Å²) in [5.74, 6) is 1.35. The van der Waals surface area contributed by atoms with Gasteiger partial charge < -0.3 is 14.6 Å². The summed E-state index contributed by atoms with van der Waals surface area (Å²) in [6.07, 6.45) is 0.864. The molecular formula is C15H18O3S. The molecule has 1 N–H and O–H groups in total. The number of rotatable bonds is 7. The van der Waals surface area contributed by atoms with Gasteiger partial charge in [0.1, 0.15) is 0 Å². The first-order valence-corrected chi connectivity index (χ1v) is 7.23. The second kappa shape index (κ2) is 7.16. The van der Waals surface area contributed by atoms with Crippen molar-refractivity contribution in [3.05, 3.63) is 46.2 Å². The molecular weight excluding hydrogens is 260 g/mol. The molecule has 0 saturated heterocycles. The average molecular weight is 278 g/mol. The fraction of sp³-hybridized carbons (Fsp3) is 0.333. The summed E-state index contributed by atoms with van der Waals surface area (Å²) in [5, 5.41) is 11.4. The number of aliphatic hydroxyl groups excluding tert-OH is 1. The first-order valence-electron chi connectivity index (χ1n) is 6.36. The summed E-state index contributed by atoms with van der Waals surface area (Å²) in [6, 6.07) is 9.71. The van der Waals surface area contributed by atoms with Gasteiger partial charge in [-0.05, 0) is 24.4 Å². The van der Waals surface area contributed by atoms with E-state index in [9.17, 15) is 5.11 Å². The van der Waals surface area contributed by atoms with Gasteiger partial charge in [0.05, 0.1) is 19.8 Å². The summed E-state index contributed by atoms with van der Waals surface area (Å²) in [7, 11) is 0. The molecule has 0 aliphatic heterocycles. The largest absolute Gasteiger partial charge is 0.490 e. The Morgan fingerprint density at radius 1 is 1.16 bits per heavy atom. The van der Waals surface area contributed by atoms with Crippen LogP contribution in [0.1, 0.15) is 17.4 Å². The van der Waals surface area contributed by atoms with Gasteiger partial charge in [-0.3, -0.25) is 0 Å². The highest BCUT2D eigenvalue weighted by molar-refractivity contribution is 7.09. The SMILES string of the molecule is CCOc1cccc(CO)c1OCCc1cccs1. The lowest BCUT2D eigenvalue weighted by atomic mass is 10.2. The molecule has 0 spiro atoms. The maximum atomic E-state index is 9.36. The second-order valence-corrected chi connectivity index (χ2v) is 5.05. The Morgan fingerprint density at radius 2 is 2.05 bits per heavy atom. The molecule has 0 fully saturated rings. The zero-order chi connectivity index (χ0) is 13.5. The first-order chi connectivity index (χ1) is 9.35.